The summed E-state index contributed by atoms with van der Waals surface area (Å²) in [5.74, 6) is -1.50. The van der Waals surface area contributed by atoms with Gasteiger partial charge in [-0.2, -0.15) is 0 Å². The number of piperazine rings is 1. The lowest BCUT2D eigenvalue weighted by atomic mass is 9.95. The van der Waals surface area contributed by atoms with E-state index in [2.05, 4.69) is 9.88 Å². The maximum Gasteiger partial charge on any atom is 0.325 e. The Kier molecular flexibility index (Phi) is 6.36. The van der Waals surface area contributed by atoms with Crippen molar-refractivity contribution >= 4 is 16.9 Å². The van der Waals surface area contributed by atoms with Gasteiger partial charge in [-0.3, -0.25) is 14.6 Å². The van der Waals surface area contributed by atoms with Crippen molar-refractivity contribution in [3.8, 4) is 0 Å². The predicted octanol–water partition coefficient (Wildman–Crippen LogP) is 5.29. The number of carbonyl (C=O) groups is 1. The van der Waals surface area contributed by atoms with Crippen LogP contribution in [0.5, 0.6) is 0 Å². The summed E-state index contributed by atoms with van der Waals surface area (Å²) >= 11 is 0. The van der Waals surface area contributed by atoms with Crippen molar-refractivity contribution in [2.75, 3.05) is 26.2 Å². The summed E-state index contributed by atoms with van der Waals surface area (Å²) in [6.07, 6.45) is 0. The zero-order chi connectivity index (χ0) is 24.5. The molecule has 4 aromatic rings. The molecule has 35 heavy (non-hydrogen) atoms. The standard InChI is InChI=1S/C28H27F2N3O2/c1-18-25(23-4-2-3-5-24(23)31-18)27(28(34)35)33-16-14-32(15-17-33)26(19-6-10-21(29)11-7-19)20-8-12-22(30)13-9-20/h2-13,26-27,31H,14-17H2,1H3,(H,34,35). The molecule has 7 heteroatoms. The second kappa shape index (κ2) is 9.60. The first-order valence-electron chi connectivity index (χ1n) is 11.7. The van der Waals surface area contributed by atoms with E-state index in [1.54, 1.807) is 24.3 Å². The van der Waals surface area contributed by atoms with Gasteiger partial charge in [-0.05, 0) is 48.4 Å². The summed E-state index contributed by atoms with van der Waals surface area (Å²) in [4.78, 5) is 20.0. The van der Waals surface area contributed by atoms with Crippen LogP contribution in [0.25, 0.3) is 10.9 Å². The number of para-hydroxylation sites is 1. The topological polar surface area (TPSA) is 59.6 Å². The van der Waals surface area contributed by atoms with Gasteiger partial charge in [0.1, 0.15) is 17.7 Å². The van der Waals surface area contributed by atoms with E-state index in [9.17, 15) is 18.7 Å². The maximum absolute atomic E-state index is 13.6. The van der Waals surface area contributed by atoms with Crippen molar-refractivity contribution in [2.45, 2.75) is 19.0 Å². The molecule has 0 spiro atoms. The number of benzene rings is 3. The van der Waals surface area contributed by atoms with Crippen LogP contribution in [0.1, 0.15) is 34.5 Å². The molecule has 0 radical (unpaired) electrons. The molecule has 0 bridgehead atoms. The number of nitrogens with zero attached hydrogens (tertiary/aromatic N) is 2. The molecule has 3 aromatic carbocycles. The number of aromatic nitrogens is 1. The van der Waals surface area contributed by atoms with Crippen LogP contribution >= 0.6 is 0 Å². The fraction of sp³-hybridized carbons (Fsp3) is 0.250. The van der Waals surface area contributed by atoms with E-state index in [0.717, 1.165) is 33.3 Å². The lowest BCUT2D eigenvalue weighted by molar-refractivity contribution is -0.144. The van der Waals surface area contributed by atoms with E-state index < -0.39 is 12.0 Å². The number of carboxylic acids is 1. The highest BCUT2D eigenvalue weighted by molar-refractivity contribution is 5.90. The van der Waals surface area contributed by atoms with Crippen LogP contribution in [0.15, 0.2) is 72.8 Å². The van der Waals surface area contributed by atoms with E-state index in [0.29, 0.717) is 26.2 Å². The van der Waals surface area contributed by atoms with Crippen LogP contribution in [-0.4, -0.2) is 52.0 Å². The minimum Gasteiger partial charge on any atom is -0.480 e. The highest BCUT2D eigenvalue weighted by Gasteiger charge is 2.35. The highest BCUT2D eigenvalue weighted by atomic mass is 19.1. The number of H-pyrrole nitrogens is 1. The lowest BCUT2D eigenvalue weighted by Gasteiger charge is -2.41. The summed E-state index contributed by atoms with van der Waals surface area (Å²) in [5.41, 5.74) is 4.41. The van der Waals surface area contributed by atoms with Gasteiger partial charge in [0.2, 0.25) is 0 Å². The number of aromatic amines is 1. The molecule has 1 aromatic heterocycles. The van der Waals surface area contributed by atoms with E-state index in [-0.39, 0.29) is 17.7 Å². The molecule has 2 heterocycles. The molecule has 0 amide bonds. The largest absolute Gasteiger partial charge is 0.480 e. The highest BCUT2D eigenvalue weighted by Crippen LogP contribution is 2.35. The summed E-state index contributed by atoms with van der Waals surface area (Å²) in [7, 11) is 0. The Morgan fingerprint density at radius 1 is 0.829 bits per heavy atom. The van der Waals surface area contributed by atoms with Gasteiger partial charge in [0.25, 0.3) is 0 Å². The van der Waals surface area contributed by atoms with Crippen molar-refractivity contribution in [2.24, 2.45) is 0 Å². The van der Waals surface area contributed by atoms with E-state index in [1.807, 2.05) is 36.1 Å². The Morgan fingerprint density at radius 3 is 1.89 bits per heavy atom. The van der Waals surface area contributed by atoms with E-state index in [1.165, 1.54) is 24.3 Å². The van der Waals surface area contributed by atoms with Crippen LogP contribution in [0, 0.1) is 18.6 Å². The molecule has 0 saturated carbocycles. The SMILES string of the molecule is Cc1[nH]c2ccccc2c1C(C(=O)O)N1CCN(C(c2ccc(F)cc2)c2ccc(F)cc2)CC1. The Hall–Kier alpha value is -3.55. The molecule has 1 unspecified atom stereocenters. The van der Waals surface area contributed by atoms with Gasteiger partial charge in [-0.15, -0.1) is 0 Å². The van der Waals surface area contributed by atoms with Crippen LogP contribution in [0.4, 0.5) is 8.78 Å². The van der Waals surface area contributed by atoms with Gasteiger partial charge in [-0.25, -0.2) is 8.78 Å². The smallest absolute Gasteiger partial charge is 0.325 e. The third-order valence-electron chi connectivity index (χ3n) is 6.90. The van der Waals surface area contributed by atoms with Gasteiger partial charge >= 0.3 is 5.97 Å². The molecule has 2 N–H and O–H groups in total. The molecule has 1 fully saturated rings. The van der Waals surface area contributed by atoms with Crippen molar-refractivity contribution < 1.29 is 18.7 Å². The summed E-state index contributed by atoms with van der Waals surface area (Å²) in [5, 5.41) is 11.2. The zero-order valence-corrected chi connectivity index (χ0v) is 19.4. The van der Waals surface area contributed by atoms with E-state index >= 15 is 0 Å². The quantitative estimate of drug-likeness (QED) is 0.398. The van der Waals surface area contributed by atoms with Gasteiger partial charge in [0.05, 0.1) is 6.04 Å². The fourth-order valence-electron chi connectivity index (χ4n) is 5.27. The summed E-state index contributed by atoms with van der Waals surface area (Å²) in [6.45, 7) is 4.25. The summed E-state index contributed by atoms with van der Waals surface area (Å²) < 4.78 is 27.2. The number of aryl methyl sites for hydroxylation is 1. The van der Waals surface area contributed by atoms with Crippen molar-refractivity contribution in [3.63, 3.8) is 0 Å². The third kappa shape index (κ3) is 4.57. The van der Waals surface area contributed by atoms with Crippen LogP contribution in [-0.2, 0) is 4.79 Å². The monoisotopic (exact) mass is 475 g/mol. The Bertz CT molecular complexity index is 1280. The van der Waals surface area contributed by atoms with Gasteiger partial charge in [-0.1, -0.05) is 42.5 Å². The third-order valence-corrected chi connectivity index (χ3v) is 6.90. The van der Waals surface area contributed by atoms with Crippen molar-refractivity contribution in [1.82, 2.24) is 14.8 Å². The number of halogens is 2. The van der Waals surface area contributed by atoms with Crippen molar-refractivity contribution in [3.05, 3.63) is 107 Å². The lowest BCUT2D eigenvalue weighted by Crippen LogP contribution is -2.50. The second-order valence-electron chi connectivity index (χ2n) is 9.03. The Balaban J connectivity index is 1.42. The molecule has 5 nitrogen and oxygen atoms in total. The summed E-state index contributed by atoms with van der Waals surface area (Å²) in [6, 6.07) is 19.6. The number of rotatable bonds is 6. The Morgan fingerprint density at radius 2 is 1.34 bits per heavy atom. The molecule has 180 valence electrons. The average Bonchev–Trinajstić information content (AvgIpc) is 3.18. The van der Waals surface area contributed by atoms with Gasteiger partial charge < -0.3 is 10.1 Å². The van der Waals surface area contributed by atoms with Crippen LogP contribution in [0.3, 0.4) is 0 Å². The number of hydrogen-bond acceptors (Lipinski definition) is 3. The fourth-order valence-corrected chi connectivity index (χ4v) is 5.27. The first-order valence-corrected chi connectivity index (χ1v) is 11.7. The zero-order valence-electron chi connectivity index (χ0n) is 19.4. The number of carboxylic acid groups (broad SMARTS) is 1. The molecule has 1 aliphatic rings. The first-order chi connectivity index (χ1) is 16.9. The first kappa shape index (κ1) is 23.2. The molecule has 5 rings (SSSR count). The molecule has 1 saturated heterocycles. The Labute approximate surface area is 202 Å². The van der Waals surface area contributed by atoms with Gasteiger partial charge in [0, 0.05) is 48.3 Å². The number of nitrogens with one attached hydrogen (secondary N) is 1. The molecule has 0 aliphatic carbocycles. The van der Waals surface area contributed by atoms with Crippen LogP contribution < -0.4 is 0 Å². The van der Waals surface area contributed by atoms with Crippen LogP contribution in [0.2, 0.25) is 0 Å². The second-order valence-corrected chi connectivity index (χ2v) is 9.03. The average molecular weight is 476 g/mol. The molecular formula is C28H27F2N3O2. The minimum absolute atomic E-state index is 0.184. The number of fused-ring (bicyclic) bond motifs is 1. The maximum atomic E-state index is 13.6. The minimum atomic E-state index is -0.875. The number of hydrogen-bond donors (Lipinski definition) is 2. The molecule has 1 atom stereocenters. The normalized spacial score (nSPS) is 16.1. The van der Waals surface area contributed by atoms with Gasteiger partial charge in [0.15, 0.2) is 0 Å². The number of aliphatic carboxylic acids is 1. The molecule has 1 aliphatic heterocycles. The molecular weight excluding hydrogens is 448 g/mol. The van der Waals surface area contributed by atoms with E-state index in [4.69, 9.17) is 0 Å². The van der Waals surface area contributed by atoms with Crippen molar-refractivity contribution in [1.29, 1.82) is 0 Å². The predicted molar refractivity (Wildman–Crippen MR) is 131 cm³/mol.